The normalized spacial score (nSPS) is 18.5. The van der Waals surface area contributed by atoms with Crippen molar-refractivity contribution in [3.05, 3.63) is 72.3 Å². The Morgan fingerprint density at radius 1 is 0.723 bits per heavy atom. The Balaban J connectivity index is 1.14. The van der Waals surface area contributed by atoms with Crippen molar-refractivity contribution in [1.29, 1.82) is 0 Å². The fourth-order valence-corrected chi connectivity index (χ4v) is 6.23. The van der Waals surface area contributed by atoms with Crippen LogP contribution in [0.2, 0.25) is 0 Å². The van der Waals surface area contributed by atoms with E-state index in [0.717, 1.165) is 53.9 Å². The number of H-pyrrole nitrogens is 2. The van der Waals surface area contributed by atoms with Crippen molar-refractivity contribution in [2.24, 2.45) is 0 Å². The first-order valence-corrected chi connectivity index (χ1v) is 16.3. The number of carbonyl (C=O) groups excluding carboxylic acids is 2. The highest BCUT2D eigenvalue weighted by Crippen LogP contribution is 2.35. The highest BCUT2D eigenvalue weighted by atomic mass is 19.1. The summed E-state index contributed by atoms with van der Waals surface area (Å²) >= 11 is 0. The molecule has 2 aromatic carbocycles. The average molecular weight is 643 g/mol. The minimum Gasteiger partial charge on any atom is -0.444 e. The maximum atomic E-state index is 15.5. The third kappa shape index (κ3) is 7.18. The van der Waals surface area contributed by atoms with Crippen LogP contribution in [-0.2, 0) is 9.47 Å². The zero-order valence-corrected chi connectivity index (χ0v) is 27.9. The van der Waals surface area contributed by atoms with Gasteiger partial charge in [0.25, 0.3) is 0 Å². The first-order valence-electron chi connectivity index (χ1n) is 16.3. The number of halogens is 1. The maximum Gasteiger partial charge on any atom is 0.410 e. The van der Waals surface area contributed by atoms with Crippen LogP contribution in [0.5, 0.6) is 0 Å². The number of ether oxygens (including phenoxy) is 2. The fourth-order valence-electron chi connectivity index (χ4n) is 6.23. The van der Waals surface area contributed by atoms with Gasteiger partial charge >= 0.3 is 12.2 Å². The summed E-state index contributed by atoms with van der Waals surface area (Å²) in [7, 11) is 0. The third-order valence-electron chi connectivity index (χ3n) is 8.37. The summed E-state index contributed by atoms with van der Waals surface area (Å²) in [5.41, 5.74) is 3.20. The van der Waals surface area contributed by atoms with E-state index in [9.17, 15) is 9.59 Å². The first-order chi connectivity index (χ1) is 22.3. The molecule has 47 heavy (non-hydrogen) atoms. The summed E-state index contributed by atoms with van der Waals surface area (Å²) < 4.78 is 26.7. The van der Waals surface area contributed by atoms with Crippen molar-refractivity contribution >= 4 is 12.2 Å². The highest BCUT2D eigenvalue weighted by molar-refractivity contribution is 5.73. The lowest BCUT2D eigenvalue weighted by molar-refractivity contribution is 0.0208. The summed E-state index contributed by atoms with van der Waals surface area (Å²) in [6.07, 6.45) is 6.01. The van der Waals surface area contributed by atoms with Crippen LogP contribution in [0.25, 0.3) is 33.6 Å². The van der Waals surface area contributed by atoms with Gasteiger partial charge in [0.1, 0.15) is 28.7 Å². The van der Waals surface area contributed by atoms with Gasteiger partial charge in [-0.15, -0.1) is 0 Å². The molecule has 11 heteroatoms. The van der Waals surface area contributed by atoms with Crippen molar-refractivity contribution in [2.75, 3.05) is 13.1 Å². The average Bonchev–Trinajstić information content (AvgIpc) is 3.81. The molecule has 0 unspecified atom stereocenters. The molecule has 4 aromatic rings. The molecule has 2 aliphatic rings. The predicted octanol–water partition coefficient (Wildman–Crippen LogP) is 8.42. The fraction of sp³-hybridized carbons (Fsp3) is 0.444. The second-order valence-corrected chi connectivity index (χ2v) is 14.3. The lowest BCUT2D eigenvalue weighted by Crippen LogP contribution is -2.36. The van der Waals surface area contributed by atoms with E-state index < -0.39 is 11.2 Å². The first kappa shape index (κ1) is 32.3. The van der Waals surface area contributed by atoms with Crippen LogP contribution in [0.4, 0.5) is 14.0 Å². The van der Waals surface area contributed by atoms with Crippen LogP contribution in [0, 0.1) is 5.82 Å². The van der Waals surface area contributed by atoms with Crippen LogP contribution >= 0.6 is 0 Å². The Kier molecular flexibility index (Phi) is 8.59. The molecule has 0 saturated carbocycles. The molecule has 2 N–H and O–H groups in total. The van der Waals surface area contributed by atoms with Crippen molar-refractivity contribution < 1.29 is 23.5 Å². The number of hydrogen-bond acceptors (Lipinski definition) is 6. The molecule has 10 nitrogen and oxygen atoms in total. The van der Waals surface area contributed by atoms with E-state index in [1.54, 1.807) is 28.3 Å². The van der Waals surface area contributed by atoms with Gasteiger partial charge < -0.3 is 19.4 Å². The molecule has 0 radical (unpaired) electrons. The summed E-state index contributed by atoms with van der Waals surface area (Å²) in [5, 5.41) is 0. The second kappa shape index (κ2) is 12.5. The molecule has 2 aliphatic heterocycles. The number of imidazole rings is 2. The molecule has 2 atom stereocenters. The number of benzene rings is 2. The lowest BCUT2D eigenvalue weighted by Gasteiger charge is -2.27. The lowest BCUT2D eigenvalue weighted by atomic mass is 10.0. The van der Waals surface area contributed by atoms with Crippen molar-refractivity contribution in [3.63, 3.8) is 0 Å². The molecule has 0 bridgehead atoms. The molecule has 2 aromatic heterocycles. The van der Waals surface area contributed by atoms with Crippen LogP contribution < -0.4 is 0 Å². The smallest absolute Gasteiger partial charge is 0.410 e. The summed E-state index contributed by atoms with van der Waals surface area (Å²) in [6, 6.07) is 12.6. The van der Waals surface area contributed by atoms with E-state index in [2.05, 4.69) is 19.9 Å². The molecule has 6 rings (SSSR count). The van der Waals surface area contributed by atoms with Crippen LogP contribution in [0.15, 0.2) is 54.9 Å². The maximum absolute atomic E-state index is 15.5. The molecule has 248 valence electrons. The van der Waals surface area contributed by atoms with Crippen LogP contribution in [0.3, 0.4) is 0 Å². The van der Waals surface area contributed by atoms with E-state index in [1.165, 1.54) is 6.07 Å². The molecule has 0 spiro atoms. The number of carbonyl (C=O) groups is 2. The monoisotopic (exact) mass is 642 g/mol. The number of aromatic amines is 2. The van der Waals surface area contributed by atoms with E-state index in [-0.39, 0.29) is 30.1 Å². The number of likely N-dealkylation sites (tertiary alicyclic amines) is 2. The third-order valence-corrected chi connectivity index (χ3v) is 8.37. The zero-order chi connectivity index (χ0) is 33.5. The molecular weight excluding hydrogens is 599 g/mol. The van der Waals surface area contributed by atoms with Gasteiger partial charge in [0.2, 0.25) is 0 Å². The topological polar surface area (TPSA) is 116 Å². The van der Waals surface area contributed by atoms with Gasteiger partial charge in [-0.1, -0.05) is 30.3 Å². The molecule has 2 fully saturated rings. The minimum absolute atomic E-state index is 0.160. The number of aromatic nitrogens is 4. The Morgan fingerprint density at radius 3 is 1.70 bits per heavy atom. The number of rotatable bonds is 5. The molecule has 4 heterocycles. The minimum atomic E-state index is -0.589. The number of nitrogens with zero attached hydrogens (tertiary/aromatic N) is 4. The quantitative estimate of drug-likeness (QED) is 0.226. The molecular formula is C36H43FN6O4. The van der Waals surface area contributed by atoms with Gasteiger partial charge in [-0.2, -0.15) is 0 Å². The zero-order valence-electron chi connectivity index (χ0n) is 27.9. The SMILES string of the molecule is CC(C)(C)OC(=O)N1CCC[C@H]1c1ncc(-c2ccc(-c3ccc(-c4cnc([C@@H]5CCCN5C(=O)OC(C)(C)C)[nH]4)c(F)c3)cc2)[nH]1. The van der Waals surface area contributed by atoms with E-state index in [1.807, 2.05) is 71.9 Å². The Morgan fingerprint density at radius 2 is 1.19 bits per heavy atom. The Labute approximate surface area is 274 Å². The van der Waals surface area contributed by atoms with Gasteiger partial charge in [-0.3, -0.25) is 9.80 Å². The molecule has 0 aliphatic carbocycles. The standard InChI is InChI=1S/C36H43FN6O4/c1-35(2,3)46-33(44)42-17-7-9-29(42)31-38-20-27(40-31)23-13-11-22(12-14-23)24-15-16-25(26(37)19-24)28-21-39-32(41-28)30-10-8-18-43(30)34(45)47-36(4,5)6/h11-16,19-21,29-30H,7-10,17-18H2,1-6H3,(H,38,40)(H,39,41)/t29-,30-/m0/s1. The van der Waals surface area contributed by atoms with Gasteiger partial charge in [0.15, 0.2) is 0 Å². The van der Waals surface area contributed by atoms with Crippen molar-refractivity contribution in [1.82, 2.24) is 29.7 Å². The summed E-state index contributed by atoms with van der Waals surface area (Å²) in [4.78, 5) is 44.7. The highest BCUT2D eigenvalue weighted by Gasteiger charge is 2.36. The van der Waals surface area contributed by atoms with E-state index >= 15 is 4.39 Å². The Bertz CT molecular complexity index is 1750. The predicted molar refractivity (Wildman–Crippen MR) is 177 cm³/mol. The Hall–Kier alpha value is -4.67. The number of amides is 2. The van der Waals surface area contributed by atoms with Crippen molar-refractivity contribution in [3.8, 4) is 33.6 Å². The van der Waals surface area contributed by atoms with Gasteiger partial charge in [-0.05, 0) is 96.0 Å². The summed E-state index contributed by atoms with van der Waals surface area (Å²) in [5.74, 6) is 0.980. The summed E-state index contributed by atoms with van der Waals surface area (Å²) in [6.45, 7) is 12.3. The van der Waals surface area contributed by atoms with Crippen molar-refractivity contribution in [2.45, 2.75) is 90.5 Å². The molecule has 2 saturated heterocycles. The van der Waals surface area contributed by atoms with Crippen LogP contribution in [0.1, 0.15) is 91.0 Å². The van der Waals surface area contributed by atoms with Crippen LogP contribution in [-0.4, -0.2) is 66.2 Å². The second-order valence-electron chi connectivity index (χ2n) is 14.3. The van der Waals surface area contributed by atoms with E-state index in [0.29, 0.717) is 30.2 Å². The van der Waals surface area contributed by atoms with E-state index in [4.69, 9.17) is 9.47 Å². The molecule has 2 amide bonds. The number of nitrogens with one attached hydrogen (secondary N) is 2. The van der Waals surface area contributed by atoms with Gasteiger partial charge in [0, 0.05) is 18.7 Å². The van der Waals surface area contributed by atoms with Gasteiger partial charge in [-0.25, -0.2) is 23.9 Å². The largest absolute Gasteiger partial charge is 0.444 e. The van der Waals surface area contributed by atoms with Gasteiger partial charge in [0.05, 0.1) is 35.9 Å². The number of hydrogen-bond donors (Lipinski definition) is 2.